The van der Waals surface area contributed by atoms with Crippen molar-refractivity contribution in [1.82, 2.24) is 5.32 Å². The van der Waals surface area contributed by atoms with Gasteiger partial charge in [0.15, 0.2) is 0 Å². The molecular weight excluding hydrogens is 142 g/mol. The number of nitrogens with one attached hydrogen (secondary N) is 1. The first-order valence-electron chi connectivity index (χ1n) is 4.19. The SMILES string of the molecule is CC[C@@H](C)CNC(CO)CO. The normalized spacial score (nSPS) is 13.9. The summed E-state index contributed by atoms with van der Waals surface area (Å²) in [6.07, 6.45) is 1.12. The van der Waals surface area contributed by atoms with E-state index in [9.17, 15) is 0 Å². The molecule has 0 heterocycles. The second kappa shape index (κ2) is 6.58. The van der Waals surface area contributed by atoms with Crippen LogP contribution in [0.3, 0.4) is 0 Å². The van der Waals surface area contributed by atoms with Crippen LogP contribution in [0.4, 0.5) is 0 Å². The van der Waals surface area contributed by atoms with E-state index >= 15 is 0 Å². The summed E-state index contributed by atoms with van der Waals surface area (Å²) in [7, 11) is 0. The van der Waals surface area contributed by atoms with Gasteiger partial charge in [-0.1, -0.05) is 20.3 Å². The van der Waals surface area contributed by atoms with Crippen molar-refractivity contribution < 1.29 is 10.2 Å². The van der Waals surface area contributed by atoms with E-state index in [0.29, 0.717) is 5.92 Å². The summed E-state index contributed by atoms with van der Waals surface area (Å²) in [4.78, 5) is 0. The lowest BCUT2D eigenvalue weighted by atomic mass is 10.1. The third kappa shape index (κ3) is 5.18. The van der Waals surface area contributed by atoms with Crippen LogP contribution in [0.2, 0.25) is 0 Å². The summed E-state index contributed by atoms with van der Waals surface area (Å²) in [5.41, 5.74) is 0. The number of aliphatic hydroxyl groups excluding tert-OH is 2. The molecule has 0 saturated heterocycles. The molecule has 11 heavy (non-hydrogen) atoms. The molecule has 0 bridgehead atoms. The van der Waals surface area contributed by atoms with Crippen LogP contribution in [0.25, 0.3) is 0 Å². The Morgan fingerprint density at radius 2 is 1.82 bits per heavy atom. The lowest BCUT2D eigenvalue weighted by Crippen LogP contribution is -2.38. The van der Waals surface area contributed by atoms with Crippen LogP contribution in [0.5, 0.6) is 0 Å². The molecule has 0 spiro atoms. The lowest BCUT2D eigenvalue weighted by Gasteiger charge is -2.16. The number of rotatable bonds is 6. The Morgan fingerprint density at radius 1 is 1.27 bits per heavy atom. The molecule has 0 aliphatic heterocycles. The highest BCUT2D eigenvalue weighted by Crippen LogP contribution is 1.97. The van der Waals surface area contributed by atoms with Crippen LogP contribution in [0.15, 0.2) is 0 Å². The molecule has 3 N–H and O–H groups in total. The summed E-state index contributed by atoms with van der Waals surface area (Å²) in [6.45, 7) is 5.14. The molecule has 0 saturated carbocycles. The van der Waals surface area contributed by atoms with Crippen LogP contribution < -0.4 is 5.32 Å². The molecule has 0 amide bonds. The maximum atomic E-state index is 8.69. The van der Waals surface area contributed by atoms with E-state index in [0.717, 1.165) is 13.0 Å². The molecule has 1 atom stereocenters. The molecule has 0 rings (SSSR count). The molecule has 3 nitrogen and oxygen atoms in total. The highest BCUT2D eigenvalue weighted by atomic mass is 16.3. The van der Waals surface area contributed by atoms with Gasteiger partial charge < -0.3 is 15.5 Å². The molecule has 0 radical (unpaired) electrons. The fourth-order valence-corrected chi connectivity index (χ4v) is 0.699. The summed E-state index contributed by atoms with van der Waals surface area (Å²) in [5.74, 6) is 0.607. The lowest BCUT2D eigenvalue weighted by molar-refractivity contribution is 0.168. The van der Waals surface area contributed by atoms with E-state index in [1.807, 2.05) is 0 Å². The van der Waals surface area contributed by atoms with Gasteiger partial charge in [-0.2, -0.15) is 0 Å². The maximum absolute atomic E-state index is 8.69. The van der Waals surface area contributed by atoms with E-state index < -0.39 is 0 Å². The summed E-state index contributed by atoms with van der Waals surface area (Å²) in [5, 5.41) is 20.4. The fourth-order valence-electron chi connectivity index (χ4n) is 0.699. The Kier molecular flexibility index (Phi) is 6.51. The summed E-state index contributed by atoms with van der Waals surface area (Å²) in [6, 6.07) is -0.149. The van der Waals surface area contributed by atoms with Gasteiger partial charge in [0.1, 0.15) is 0 Å². The molecule has 0 aromatic rings. The quantitative estimate of drug-likeness (QED) is 0.513. The van der Waals surface area contributed by atoms with Gasteiger partial charge in [0, 0.05) is 0 Å². The fraction of sp³-hybridized carbons (Fsp3) is 1.00. The Labute approximate surface area is 68.4 Å². The topological polar surface area (TPSA) is 52.5 Å². The van der Waals surface area contributed by atoms with Crippen molar-refractivity contribution in [3.8, 4) is 0 Å². The minimum absolute atomic E-state index is 0.00688. The van der Waals surface area contributed by atoms with Crippen molar-refractivity contribution in [1.29, 1.82) is 0 Å². The van der Waals surface area contributed by atoms with Crippen LogP contribution in [0, 0.1) is 5.92 Å². The first-order chi connectivity index (χ1) is 5.24. The Morgan fingerprint density at radius 3 is 2.18 bits per heavy atom. The number of hydrogen-bond acceptors (Lipinski definition) is 3. The Balaban J connectivity index is 3.34. The number of aliphatic hydroxyl groups is 2. The zero-order valence-corrected chi connectivity index (χ0v) is 7.38. The molecular formula is C8H19NO2. The van der Waals surface area contributed by atoms with Gasteiger partial charge in [0.2, 0.25) is 0 Å². The molecule has 3 heteroatoms. The van der Waals surface area contributed by atoms with E-state index in [2.05, 4.69) is 19.2 Å². The smallest absolute Gasteiger partial charge is 0.0607 e. The van der Waals surface area contributed by atoms with Gasteiger partial charge in [-0.25, -0.2) is 0 Å². The average molecular weight is 161 g/mol. The van der Waals surface area contributed by atoms with Gasteiger partial charge in [-0.3, -0.25) is 0 Å². The van der Waals surface area contributed by atoms with Crippen molar-refractivity contribution in [2.24, 2.45) is 5.92 Å². The van der Waals surface area contributed by atoms with Crippen LogP contribution in [-0.2, 0) is 0 Å². The summed E-state index contributed by atoms with van der Waals surface area (Å²) < 4.78 is 0. The van der Waals surface area contributed by atoms with Crippen LogP contribution in [0.1, 0.15) is 20.3 Å². The van der Waals surface area contributed by atoms with Gasteiger partial charge in [0.05, 0.1) is 19.3 Å². The van der Waals surface area contributed by atoms with Gasteiger partial charge >= 0.3 is 0 Å². The second-order valence-electron chi connectivity index (χ2n) is 2.98. The third-order valence-corrected chi connectivity index (χ3v) is 1.89. The molecule has 0 unspecified atom stereocenters. The van der Waals surface area contributed by atoms with Crippen molar-refractivity contribution in [2.75, 3.05) is 19.8 Å². The van der Waals surface area contributed by atoms with Gasteiger partial charge in [-0.05, 0) is 12.5 Å². The van der Waals surface area contributed by atoms with E-state index in [1.165, 1.54) is 0 Å². The van der Waals surface area contributed by atoms with Gasteiger partial charge in [-0.15, -0.1) is 0 Å². The minimum Gasteiger partial charge on any atom is -0.395 e. The van der Waals surface area contributed by atoms with Crippen molar-refractivity contribution in [3.63, 3.8) is 0 Å². The predicted octanol–water partition coefficient (Wildman–Crippen LogP) is -0.0247. The Hall–Kier alpha value is -0.120. The molecule has 0 aromatic carbocycles. The van der Waals surface area contributed by atoms with Crippen molar-refractivity contribution in [2.45, 2.75) is 26.3 Å². The van der Waals surface area contributed by atoms with Crippen LogP contribution in [-0.4, -0.2) is 36.0 Å². The van der Waals surface area contributed by atoms with Crippen molar-refractivity contribution >= 4 is 0 Å². The van der Waals surface area contributed by atoms with Crippen LogP contribution >= 0.6 is 0 Å². The molecule has 0 aliphatic rings. The number of hydrogen-bond donors (Lipinski definition) is 3. The Bertz CT molecular complexity index is 84.2. The summed E-state index contributed by atoms with van der Waals surface area (Å²) >= 11 is 0. The average Bonchev–Trinajstić information content (AvgIpc) is 2.06. The first-order valence-corrected chi connectivity index (χ1v) is 4.19. The highest BCUT2D eigenvalue weighted by Gasteiger charge is 2.05. The molecule has 0 aliphatic carbocycles. The van der Waals surface area contributed by atoms with E-state index in [4.69, 9.17) is 10.2 Å². The monoisotopic (exact) mass is 161 g/mol. The molecule has 68 valence electrons. The zero-order valence-electron chi connectivity index (χ0n) is 7.38. The zero-order chi connectivity index (χ0) is 8.69. The molecule has 0 aromatic heterocycles. The van der Waals surface area contributed by atoms with E-state index in [-0.39, 0.29) is 19.3 Å². The molecule has 0 fully saturated rings. The standard InChI is InChI=1S/C8H19NO2/c1-3-7(2)4-9-8(5-10)6-11/h7-11H,3-6H2,1-2H3/t7-/m1/s1. The van der Waals surface area contributed by atoms with E-state index in [1.54, 1.807) is 0 Å². The maximum Gasteiger partial charge on any atom is 0.0607 e. The minimum atomic E-state index is -0.149. The predicted molar refractivity (Wildman–Crippen MR) is 45.4 cm³/mol. The largest absolute Gasteiger partial charge is 0.395 e. The third-order valence-electron chi connectivity index (χ3n) is 1.89. The first kappa shape index (κ1) is 10.9. The van der Waals surface area contributed by atoms with Crippen molar-refractivity contribution in [3.05, 3.63) is 0 Å². The second-order valence-corrected chi connectivity index (χ2v) is 2.98. The highest BCUT2D eigenvalue weighted by molar-refractivity contribution is 4.65. The van der Waals surface area contributed by atoms with Gasteiger partial charge in [0.25, 0.3) is 0 Å².